The maximum Gasteiger partial charge on any atom is 0.231 e. The minimum atomic E-state index is -0.385. The van der Waals surface area contributed by atoms with E-state index >= 15 is 0 Å². The molecule has 3 rings (SSSR count). The number of pyridine rings is 1. The predicted octanol–water partition coefficient (Wildman–Crippen LogP) is 2.93. The molecule has 0 unspecified atom stereocenters. The quantitative estimate of drug-likeness (QED) is 0.817. The van der Waals surface area contributed by atoms with Crippen LogP contribution in [0, 0.1) is 5.82 Å². The van der Waals surface area contributed by atoms with E-state index in [-0.39, 0.29) is 18.5 Å². The van der Waals surface area contributed by atoms with Crippen LogP contribution < -0.4 is 9.47 Å². The molecule has 0 saturated heterocycles. The highest BCUT2D eigenvalue weighted by Gasteiger charge is 2.20. The number of para-hydroxylation sites is 1. The van der Waals surface area contributed by atoms with E-state index in [1.807, 2.05) is 25.1 Å². The Labute approximate surface area is 140 Å². The van der Waals surface area contributed by atoms with Gasteiger partial charge in [0.05, 0.1) is 6.20 Å². The smallest absolute Gasteiger partial charge is 0.231 e. The third-order valence-corrected chi connectivity index (χ3v) is 3.96. The van der Waals surface area contributed by atoms with E-state index in [4.69, 9.17) is 9.47 Å². The molecule has 1 aromatic carbocycles. The Bertz CT molecular complexity index is 736. The number of hydrogen-bond donors (Lipinski definition) is 0. The molecule has 0 atom stereocenters. The van der Waals surface area contributed by atoms with Gasteiger partial charge in [0.25, 0.3) is 0 Å². The zero-order chi connectivity index (χ0) is 16.9. The van der Waals surface area contributed by atoms with Gasteiger partial charge in [-0.1, -0.05) is 12.1 Å². The average Bonchev–Trinajstić information content (AvgIpc) is 3.07. The number of halogens is 1. The second-order valence-corrected chi connectivity index (χ2v) is 5.57. The Kier molecular flexibility index (Phi) is 4.93. The van der Waals surface area contributed by atoms with Crippen molar-refractivity contribution in [3.63, 3.8) is 0 Å². The van der Waals surface area contributed by atoms with Crippen LogP contribution in [0.15, 0.2) is 36.7 Å². The zero-order valence-electron chi connectivity index (χ0n) is 13.5. The highest BCUT2D eigenvalue weighted by molar-refractivity contribution is 5.76. The number of aromatic nitrogens is 1. The van der Waals surface area contributed by atoms with Gasteiger partial charge in [0.2, 0.25) is 12.7 Å². The van der Waals surface area contributed by atoms with Gasteiger partial charge in [-0.05, 0) is 31.0 Å². The van der Waals surface area contributed by atoms with E-state index in [1.165, 1.54) is 6.07 Å². The number of hydrogen-bond acceptors (Lipinski definition) is 4. The van der Waals surface area contributed by atoms with Gasteiger partial charge < -0.3 is 14.4 Å². The Morgan fingerprint density at radius 3 is 3.00 bits per heavy atom. The van der Waals surface area contributed by atoms with Crippen molar-refractivity contribution >= 4 is 5.91 Å². The monoisotopic (exact) mass is 330 g/mol. The van der Waals surface area contributed by atoms with E-state index in [1.54, 1.807) is 11.1 Å². The molecular weight excluding hydrogens is 311 g/mol. The Hall–Kier alpha value is -2.63. The van der Waals surface area contributed by atoms with Gasteiger partial charge in [0, 0.05) is 31.3 Å². The molecule has 126 valence electrons. The van der Waals surface area contributed by atoms with Gasteiger partial charge in [0.15, 0.2) is 11.5 Å². The summed E-state index contributed by atoms with van der Waals surface area (Å²) >= 11 is 0. The van der Waals surface area contributed by atoms with Gasteiger partial charge in [0.1, 0.15) is 5.82 Å². The van der Waals surface area contributed by atoms with Crippen molar-refractivity contribution in [3.05, 3.63) is 53.6 Å². The molecule has 0 spiro atoms. The molecule has 24 heavy (non-hydrogen) atoms. The molecule has 1 aliphatic rings. The molecule has 6 heteroatoms. The van der Waals surface area contributed by atoms with E-state index in [0.717, 1.165) is 17.3 Å². The van der Waals surface area contributed by atoms with Crippen molar-refractivity contribution in [3.8, 4) is 11.5 Å². The largest absolute Gasteiger partial charge is 0.454 e. The first-order valence-electron chi connectivity index (χ1n) is 7.92. The minimum Gasteiger partial charge on any atom is -0.454 e. The third kappa shape index (κ3) is 3.64. The van der Waals surface area contributed by atoms with E-state index in [0.29, 0.717) is 37.4 Å². The fourth-order valence-electron chi connectivity index (χ4n) is 2.70. The lowest BCUT2D eigenvalue weighted by Gasteiger charge is -2.21. The summed E-state index contributed by atoms with van der Waals surface area (Å²) in [6.45, 7) is 3.19. The van der Waals surface area contributed by atoms with Crippen molar-refractivity contribution in [1.82, 2.24) is 9.88 Å². The van der Waals surface area contributed by atoms with Crippen molar-refractivity contribution < 1.29 is 18.7 Å². The molecule has 2 heterocycles. The van der Waals surface area contributed by atoms with Crippen LogP contribution in [0.1, 0.15) is 24.5 Å². The summed E-state index contributed by atoms with van der Waals surface area (Å²) in [6.07, 6.45) is 3.52. The molecule has 1 aromatic heterocycles. The minimum absolute atomic E-state index is 0.0123. The van der Waals surface area contributed by atoms with E-state index in [2.05, 4.69) is 4.98 Å². The van der Waals surface area contributed by atoms with Gasteiger partial charge in [-0.25, -0.2) is 4.39 Å². The van der Waals surface area contributed by atoms with E-state index in [9.17, 15) is 9.18 Å². The topological polar surface area (TPSA) is 51.7 Å². The highest BCUT2D eigenvalue weighted by atomic mass is 19.1. The maximum atomic E-state index is 13.1. The molecule has 0 fully saturated rings. The van der Waals surface area contributed by atoms with Crippen LogP contribution in [0.25, 0.3) is 0 Å². The second-order valence-electron chi connectivity index (χ2n) is 5.57. The first-order valence-corrected chi connectivity index (χ1v) is 7.92. The number of rotatable bonds is 6. The van der Waals surface area contributed by atoms with Crippen LogP contribution in [-0.2, 0) is 17.8 Å². The lowest BCUT2D eigenvalue weighted by molar-refractivity contribution is -0.131. The van der Waals surface area contributed by atoms with Crippen molar-refractivity contribution in [2.45, 2.75) is 26.3 Å². The number of aryl methyl sites for hydroxylation is 1. The predicted molar refractivity (Wildman–Crippen MR) is 86.2 cm³/mol. The molecule has 2 aromatic rings. The number of carbonyl (C=O) groups is 1. The fourth-order valence-corrected chi connectivity index (χ4v) is 2.70. The van der Waals surface area contributed by atoms with Crippen LogP contribution in [0.5, 0.6) is 11.5 Å². The Balaban J connectivity index is 1.63. The molecule has 0 saturated carbocycles. The lowest BCUT2D eigenvalue weighted by Crippen LogP contribution is -2.30. The van der Waals surface area contributed by atoms with Crippen LogP contribution in [0.2, 0.25) is 0 Å². The SMILES string of the molecule is CCN(Cc1cccc2c1OCO2)C(=O)CCc1cncc(F)c1. The summed E-state index contributed by atoms with van der Waals surface area (Å²) in [5.74, 6) is 1.04. The standard InChI is InChI=1S/C18H19FN2O3/c1-2-21(11-14-4-3-5-16-18(14)24-12-23-16)17(22)7-6-13-8-15(19)10-20-9-13/h3-5,8-10H,2,6-7,11-12H2,1H3. The van der Waals surface area contributed by atoms with Crippen LogP contribution >= 0.6 is 0 Å². The molecule has 0 radical (unpaired) electrons. The number of amides is 1. The number of ether oxygens (including phenoxy) is 2. The highest BCUT2D eigenvalue weighted by Crippen LogP contribution is 2.35. The van der Waals surface area contributed by atoms with Crippen LogP contribution in [0.3, 0.4) is 0 Å². The molecule has 0 bridgehead atoms. The molecule has 5 nitrogen and oxygen atoms in total. The maximum absolute atomic E-state index is 13.1. The number of carbonyl (C=O) groups excluding carboxylic acids is 1. The molecule has 1 amide bonds. The van der Waals surface area contributed by atoms with Crippen molar-refractivity contribution in [1.29, 1.82) is 0 Å². The van der Waals surface area contributed by atoms with Crippen LogP contribution in [0.4, 0.5) is 4.39 Å². The summed E-state index contributed by atoms with van der Waals surface area (Å²) in [7, 11) is 0. The average molecular weight is 330 g/mol. The number of benzene rings is 1. The Morgan fingerprint density at radius 1 is 1.33 bits per heavy atom. The lowest BCUT2D eigenvalue weighted by atomic mass is 10.1. The Morgan fingerprint density at radius 2 is 2.21 bits per heavy atom. The fraction of sp³-hybridized carbons (Fsp3) is 0.333. The summed E-state index contributed by atoms with van der Waals surface area (Å²) in [5.41, 5.74) is 1.64. The van der Waals surface area contributed by atoms with Crippen LogP contribution in [-0.4, -0.2) is 29.1 Å². The first kappa shape index (κ1) is 16.2. The molecule has 0 N–H and O–H groups in total. The zero-order valence-corrected chi connectivity index (χ0v) is 13.5. The van der Waals surface area contributed by atoms with E-state index < -0.39 is 0 Å². The third-order valence-electron chi connectivity index (χ3n) is 3.96. The van der Waals surface area contributed by atoms with Gasteiger partial charge in [-0.2, -0.15) is 0 Å². The summed E-state index contributed by atoms with van der Waals surface area (Å²) in [4.78, 5) is 18.0. The van der Waals surface area contributed by atoms with Gasteiger partial charge in [-0.3, -0.25) is 9.78 Å². The second kappa shape index (κ2) is 7.29. The van der Waals surface area contributed by atoms with Gasteiger partial charge in [-0.15, -0.1) is 0 Å². The molecule has 0 aliphatic carbocycles. The molecule has 1 aliphatic heterocycles. The first-order chi connectivity index (χ1) is 11.7. The summed E-state index contributed by atoms with van der Waals surface area (Å²) in [6, 6.07) is 7.08. The summed E-state index contributed by atoms with van der Waals surface area (Å²) in [5, 5.41) is 0. The number of fused-ring (bicyclic) bond motifs is 1. The molecular formula is C18H19FN2O3. The van der Waals surface area contributed by atoms with Crippen molar-refractivity contribution in [2.75, 3.05) is 13.3 Å². The van der Waals surface area contributed by atoms with Gasteiger partial charge >= 0.3 is 0 Å². The van der Waals surface area contributed by atoms with Crippen molar-refractivity contribution in [2.24, 2.45) is 0 Å². The normalized spacial score (nSPS) is 12.2. The number of nitrogens with zero attached hydrogens (tertiary/aromatic N) is 2. The summed E-state index contributed by atoms with van der Waals surface area (Å²) < 4.78 is 24.0.